The fourth-order valence-corrected chi connectivity index (χ4v) is 3.34. The van der Waals surface area contributed by atoms with Crippen LogP contribution in [0.1, 0.15) is 23.7 Å². The van der Waals surface area contributed by atoms with Crippen LogP contribution in [0.25, 0.3) is 0 Å². The van der Waals surface area contributed by atoms with Crippen molar-refractivity contribution in [2.75, 3.05) is 13.1 Å². The molecule has 24 heavy (non-hydrogen) atoms. The Bertz CT molecular complexity index is 802. The number of fused-ring (bicyclic) bond motifs is 2. The number of rotatable bonds is 1. The molecule has 0 spiro atoms. The van der Waals surface area contributed by atoms with Gasteiger partial charge in [0.15, 0.2) is 0 Å². The molecule has 122 valence electrons. The molecule has 2 aliphatic rings. The minimum absolute atomic E-state index is 0.0720. The lowest BCUT2D eigenvalue weighted by atomic mass is 9.99. The van der Waals surface area contributed by atoms with Crippen molar-refractivity contribution in [2.24, 2.45) is 0 Å². The number of carbonyl (C=O) groups is 1. The third kappa shape index (κ3) is 2.66. The molecule has 3 heterocycles. The van der Waals surface area contributed by atoms with Gasteiger partial charge in [0.25, 0.3) is 5.91 Å². The Balaban J connectivity index is 1.54. The zero-order valence-electron chi connectivity index (χ0n) is 13.7. The third-order valence-corrected chi connectivity index (χ3v) is 4.72. The van der Waals surface area contributed by atoms with Crippen molar-refractivity contribution in [3.63, 3.8) is 0 Å². The number of nitrogens with zero attached hydrogens (tertiary/aromatic N) is 3. The van der Waals surface area contributed by atoms with Crippen LogP contribution in [0.2, 0.25) is 0 Å². The highest BCUT2D eigenvalue weighted by atomic mass is 16.5. The molecule has 1 amide bonds. The molecule has 4 rings (SSSR count). The van der Waals surface area contributed by atoms with E-state index in [1.165, 1.54) is 0 Å². The largest absolute Gasteiger partial charge is 0.461 e. The minimum atomic E-state index is 0.0720. The molecule has 0 aliphatic carbocycles. The summed E-state index contributed by atoms with van der Waals surface area (Å²) in [5, 5.41) is 0. The van der Waals surface area contributed by atoms with E-state index in [9.17, 15) is 4.79 Å². The van der Waals surface area contributed by atoms with Crippen molar-refractivity contribution in [1.29, 1.82) is 0 Å². The molecule has 1 aromatic carbocycles. The van der Waals surface area contributed by atoms with Crippen LogP contribution in [-0.2, 0) is 24.1 Å². The molecule has 2 aromatic rings. The van der Waals surface area contributed by atoms with E-state index in [1.807, 2.05) is 42.3 Å². The van der Waals surface area contributed by atoms with Gasteiger partial charge >= 0.3 is 0 Å². The van der Waals surface area contributed by atoms with Gasteiger partial charge in [-0.3, -0.25) is 4.79 Å². The van der Waals surface area contributed by atoms with E-state index in [1.54, 1.807) is 6.33 Å². The Morgan fingerprint density at radius 3 is 2.92 bits per heavy atom. The maximum atomic E-state index is 13.0. The second-order valence-electron chi connectivity index (χ2n) is 6.21. The number of para-hydroxylation sites is 1. The Hall–Kier alpha value is -2.69. The molecule has 0 bridgehead atoms. The first-order valence-corrected chi connectivity index (χ1v) is 8.25. The fourth-order valence-electron chi connectivity index (χ4n) is 3.34. The number of allylic oxidation sites excluding steroid dienone is 1. The van der Waals surface area contributed by atoms with Gasteiger partial charge in [-0.25, -0.2) is 9.97 Å². The molecule has 0 radical (unpaired) electrons. The first-order valence-electron chi connectivity index (χ1n) is 8.25. The first-order chi connectivity index (χ1) is 11.7. The number of hydrogen-bond acceptors (Lipinski definition) is 4. The number of hydrogen-bond donors (Lipinski definition) is 0. The molecule has 5 heteroatoms. The maximum Gasteiger partial charge on any atom is 0.253 e. The Labute approximate surface area is 141 Å². The molecule has 0 saturated carbocycles. The second kappa shape index (κ2) is 6.07. The van der Waals surface area contributed by atoms with Gasteiger partial charge in [0.05, 0.1) is 5.57 Å². The summed E-state index contributed by atoms with van der Waals surface area (Å²) < 4.78 is 5.86. The number of aromatic nitrogens is 2. The summed E-state index contributed by atoms with van der Waals surface area (Å²) in [6.07, 6.45) is 5.64. The van der Waals surface area contributed by atoms with Gasteiger partial charge in [0, 0.05) is 37.8 Å². The van der Waals surface area contributed by atoms with E-state index in [2.05, 4.69) is 9.97 Å². The summed E-state index contributed by atoms with van der Waals surface area (Å²) >= 11 is 0. The summed E-state index contributed by atoms with van der Waals surface area (Å²) in [5.41, 5.74) is 4.01. The lowest BCUT2D eigenvalue weighted by Gasteiger charge is -2.26. The van der Waals surface area contributed by atoms with Crippen LogP contribution >= 0.6 is 0 Å². The maximum absolute atomic E-state index is 13.0. The van der Waals surface area contributed by atoms with E-state index < -0.39 is 0 Å². The van der Waals surface area contributed by atoms with Crippen molar-refractivity contribution in [1.82, 2.24) is 14.9 Å². The smallest absolute Gasteiger partial charge is 0.253 e. The Morgan fingerprint density at radius 2 is 2.00 bits per heavy atom. The molecular weight excluding hydrogens is 302 g/mol. The van der Waals surface area contributed by atoms with Crippen molar-refractivity contribution in [3.8, 4) is 5.75 Å². The standard InChI is InChI=1S/C19H19N3O2/c1-13-16(10-14-4-2-3-5-18(14)24-13)19(23)22-8-6-15-11-20-12-21-17(15)7-9-22/h2-5,11-12H,6-10H2,1H3. The molecule has 0 atom stereocenters. The Kier molecular flexibility index (Phi) is 3.76. The van der Waals surface area contributed by atoms with E-state index in [0.717, 1.165) is 41.0 Å². The van der Waals surface area contributed by atoms with Crippen LogP contribution in [0.5, 0.6) is 5.75 Å². The molecule has 0 fully saturated rings. The van der Waals surface area contributed by atoms with Crippen LogP contribution in [0, 0.1) is 0 Å². The van der Waals surface area contributed by atoms with Crippen LogP contribution in [-0.4, -0.2) is 33.9 Å². The average molecular weight is 321 g/mol. The van der Waals surface area contributed by atoms with E-state index in [0.29, 0.717) is 25.3 Å². The predicted molar refractivity (Wildman–Crippen MR) is 89.5 cm³/mol. The number of benzene rings is 1. The zero-order valence-corrected chi connectivity index (χ0v) is 13.7. The predicted octanol–water partition coefficient (Wildman–Crippen LogP) is 2.31. The highest BCUT2D eigenvalue weighted by Gasteiger charge is 2.27. The molecule has 2 aliphatic heterocycles. The number of carbonyl (C=O) groups excluding carboxylic acids is 1. The van der Waals surface area contributed by atoms with Gasteiger partial charge < -0.3 is 9.64 Å². The van der Waals surface area contributed by atoms with Crippen molar-refractivity contribution < 1.29 is 9.53 Å². The third-order valence-electron chi connectivity index (χ3n) is 4.72. The van der Waals surface area contributed by atoms with Crippen LogP contribution in [0.4, 0.5) is 0 Å². The monoisotopic (exact) mass is 321 g/mol. The summed E-state index contributed by atoms with van der Waals surface area (Å²) in [6, 6.07) is 7.89. The molecule has 0 N–H and O–H groups in total. The molecule has 0 saturated heterocycles. The van der Waals surface area contributed by atoms with E-state index in [-0.39, 0.29) is 5.91 Å². The highest BCUT2D eigenvalue weighted by molar-refractivity contribution is 5.95. The first kappa shape index (κ1) is 14.9. The normalized spacial score (nSPS) is 16.8. The zero-order chi connectivity index (χ0) is 16.5. The lowest BCUT2D eigenvalue weighted by Crippen LogP contribution is -2.36. The topological polar surface area (TPSA) is 55.3 Å². The molecule has 1 aromatic heterocycles. The van der Waals surface area contributed by atoms with E-state index in [4.69, 9.17) is 4.74 Å². The van der Waals surface area contributed by atoms with Gasteiger partial charge in [-0.05, 0) is 30.5 Å². The molecule has 0 unspecified atom stereocenters. The highest BCUT2D eigenvalue weighted by Crippen LogP contribution is 2.30. The second-order valence-corrected chi connectivity index (χ2v) is 6.21. The van der Waals surface area contributed by atoms with Gasteiger partial charge in [-0.2, -0.15) is 0 Å². The van der Waals surface area contributed by atoms with Gasteiger partial charge in [0.1, 0.15) is 17.8 Å². The van der Waals surface area contributed by atoms with Gasteiger partial charge in [-0.1, -0.05) is 18.2 Å². The van der Waals surface area contributed by atoms with Crippen molar-refractivity contribution in [2.45, 2.75) is 26.2 Å². The summed E-state index contributed by atoms with van der Waals surface area (Å²) in [5.74, 6) is 1.63. The van der Waals surface area contributed by atoms with Crippen molar-refractivity contribution in [3.05, 3.63) is 64.9 Å². The SMILES string of the molecule is CC1=C(C(=O)N2CCc3cncnc3CC2)Cc2ccccc2O1. The van der Waals surface area contributed by atoms with Crippen LogP contribution < -0.4 is 4.74 Å². The molecule has 5 nitrogen and oxygen atoms in total. The summed E-state index contributed by atoms with van der Waals surface area (Å²) in [7, 11) is 0. The quantitative estimate of drug-likeness (QED) is 0.809. The number of ether oxygens (including phenoxy) is 1. The van der Waals surface area contributed by atoms with E-state index >= 15 is 0 Å². The number of amides is 1. The van der Waals surface area contributed by atoms with Crippen LogP contribution in [0.15, 0.2) is 48.1 Å². The summed E-state index contributed by atoms with van der Waals surface area (Å²) in [4.78, 5) is 23.4. The van der Waals surface area contributed by atoms with Crippen molar-refractivity contribution >= 4 is 5.91 Å². The fraction of sp³-hybridized carbons (Fsp3) is 0.316. The summed E-state index contributed by atoms with van der Waals surface area (Å²) in [6.45, 7) is 3.25. The lowest BCUT2D eigenvalue weighted by molar-refractivity contribution is -0.127. The van der Waals surface area contributed by atoms with Gasteiger partial charge in [0.2, 0.25) is 0 Å². The molecular formula is C19H19N3O2. The average Bonchev–Trinajstić information content (AvgIpc) is 2.83. The minimum Gasteiger partial charge on any atom is -0.461 e. The van der Waals surface area contributed by atoms with Crippen LogP contribution in [0.3, 0.4) is 0 Å². The van der Waals surface area contributed by atoms with Gasteiger partial charge in [-0.15, -0.1) is 0 Å². The Morgan fingerprint density at radius 1 is 1.17 bits per heavy atom.